The number of hydrogen-bond donors (Lipinski definition) is 1. The average Bonchev–Trinajstić information content (AvgIpc) is 2.49. The molecule has 0 bridgehead atoms. The van der Waals surface area contributed by atoms with Gasteiger partial charge in [0.05, 0.1) is 6.61 Å². The molecule has 0 saturated heterocycles. The van der Waals surface area contributed by atoms with Crippen LogP contribution in [0.1, 0.15) is 44.1 Å². The topological polar surface area (TPSA) is 68.5 Å². The Kier molecular flexibility index (Phi) is 5.99. The molecule has 0 spiro atoms. The molecule has 1 aliphatic carbocycles. The first-order valence-corrected chi connectivity index (χ1v) is 7.70. The van der Waals surface area contributed by atoms with Gasteiger partial charge in [-0.05, 0) is 18.4 Å². The molecule has 1 aromatic heterocycles. The van der Waals surface area contributed by atoms with Crippen LogP contribution in [0.5, 0.6) is 0 Å². The van der Waals surface area contributed by atoms with Gasteiger partial charge in [-0.15, -0.1) is 0 Å². The normalized spacial score (nSPS) is 16.0. The number of rotatable bonds is 6. The van der Waals surface area contributed by atoms with Crippen molar-refractivity contribution < 1.29 is 14.6 Å². The molecule has 0 unspecified atom stereocenters. The number of carbonyl (C=O) groups is 1. The van der Waals surface area contributed by atoms with Gasteiger partial charge in [0.2, 0.25) is 0 Å². The van der Waals surface area contributed by atoms with E-state index in [4.69, 9.17) is 9.84 Å². The highest BCUT2D eigenvalue weighted by atomic mass is 16.5. The zero-order valence-corrected chi connectivity index (χ0v) is 12.3. The minimum Gasteiger partial charge on any atom is -0.464 e. The van der Waals surface area contributed by atoms with Crippen LogP contribution in [0.4, 0.5) is 4.79 Å². The van der Waals surface area contributed by atoms with Crippen molar-refractivity contribution in [1.82, 2.24) is 4.57 Å². The zero-order chi connectivity index (χ0) is 15.1. The SMILES string of the molecule is O=C(O)n1cccc(CCOCCC2CCCCC2)c1=O. The van der Waals surface area contributed by atoms with E-state index in [0.717, 1.165) is 18.9 Å². The standard InChI is InChI=1S/C16H23NO4/c18-15-14(7-4-10-17(15)16(19)20)9-12-21-11-8-13-5-2-1-3-6-13/h4,7,10,13H,1-3,5-6,8-9,11-12H2,(H,19,20). The van der Waals surface area contributed by atoms with E-state index in [1.165, 1.54) is 38.3 Å². The minimum absolute atomic E-state index is 0.456. The summed E-state index contributed by atoms with van der Waals surface area (Å²) < 4.78 is 6.31. The number of ether oxygens (including phenoxy) is 1. The third-order valence-corrected chi connectivity index (χ3v) is 4.14. The summed E-state index contributed by atoms with van der Waals surface area (Å²) in [4.78, 5) is 22.7. The maximum Gasteiger partial charge on any atom is 0.418 e. The first kappa shape index (κ1) is 15.8. The van der Waals surface area contributed by atoms with Gasteiger partial charge in [0.1, 0.15) is 0 Å². The fourth-order valence-electron chi connectivity index (χ4n) is 2.89. The first-order chi connectivity index (χ1) is 10.2. The van der Waals surface area contributed by atoms with Gasteiger partial charge in [-0.25, -0.2) is 9.36 Å². The van der Waals surface area contributed by atoms with Crippen LogP contribution in [-0.2, 0) is 11.2 Å². The summed E-state index contributed by atoms with van der Waals surface area (Å²) in [6, 6.07) is 3.24. The maximum absolute atomic E-state index is 11.8. The molecule has 1 aliphatic rings. The van der Waals surface area contributed by atoms with Crippen LogP contribution < -0.4 is 5.56 Å². The molecule has 1 heterocycles. The summed E-state index contributed by atoms with van der Waals surface area (Å²) in [5, 5.41) is 8.88. The molecule has 1 saturated carbocycles. The molecule has 1 aromatic rings. The molecular formula is C16H23NO4. The maximum atomic E-state index is 11.8. The summed E-state index contributed by atoms with van der Waals surface area (Å²) >= 11 is 0. The molecule has 0 aromatic carbocycles. The lowest BCUT2D eigenvalue weighted by Gasteiger charge is -2.21. The number of aromatic nitrogens is 1. The van der Waals surface area contributed by atoms with Crippen LogP contribution in [0, 0.1) is 5.92 Å². The number of pyridine rings is 1. The fraction of sp³-hybridized carbons (Fsp3) is 0.625. The smallest absolute Gasteiger partial charge is 0.418 e. The predicted octanol–water partition coefficient (Wildman–Crippen LogP) is 2.90. The van der Waals surface area contributed by atoms with Gasteiger partial charge in [-0.2, -0.15) is 0 Å². The van der Waals surface area contributed by atoms with Crippen molar-refractivity contribution in [3.63, 3.8) is 0 Å². The minimum atomic E-state index is -1.25. The Morgan fingerprint density at radius 3 is 2.76 bits per heavy atom. The summed E-state index contributed by atoms with van der Waals surface area (Å²) in [7, 11) is 0. The Hall–Kier alpha value is -1.62. The quantitative estimate of drug-likeness (QED) is 0.819. The van der Waals surface area contributed by atoms with E-state index in [1.807, 2.05) is 0 Å². The van der Waals surface area contributed by atoms with Gasteiger partial charge >= 0.3 is 6.09 Å². The van der Waals surface area contributed by atoms with Crippen molar-refractivity contribution in [3.05, 3.63) is 34.2 Å². The third kappa shape index (κ3) is 4.70. The number of hydrogen-bond acceptors (Lipinski definition) is 3. The van der Waals surface area contributed by atoms with Crippen molar-refractivity contribution in [2.75, 3.05) is 13.2 Å². The zero-order valence-electron chi connectivity index (χ0n) is 12.3. The van der Waals surface area contributed by atoms with E-state index in [1.54, 1.807) is 12.1 Å². The van der Waals surface area contributed by atoms with E-state index < -0.39 is 11.7 Å². The van der Waals surface area contributed by atoms with Gasteiger partial charge in [0.15, 0.2) is 0 Å². The highest BCUT2D eigenvalue weighted by Crippen LogP contribution is 2.25. The Morgan fingerprint density at radius 1 is 1.29 bits per heavy atom. The second-order valence-corrected chi connectivity index (χ2v) is 5.65. The monoisotopic (exact) mass is 293 g/mol. The molecule has 116 valence electrons. The van der Waals surface area contributed by atoms with E-state index in [0.29, 0.717) is 23.2 Å². The van der Waals surface area contributed by atoms with Crippen molar-refractivity contribution in [2.45, 2.75) is 44.9 Å². The summed E-state index contributed by atoms with van der Waals surface area (Å²) in [5.41, 5.74) is 0.0125. The highest BCUT2D eigenvalue weighted by Gasteiger charge is 2.13. The molecule has 0 atom stereocenters. The lowest BCUT2D eigenvalue weighted by atomic mass is 9.87. The van der Waals surface area contributed by atoms with Gasteiger partial charge in [-0.3, -0.25) is 4.79 Å². The molecule has 5 heteroatoms. The molecule has 0 aliphatic heterocycles. The van der Waals surface area contributed by atoms with E-state index >= 15 is 0 Å². The summed E-state index contributed by atoms with van der Waals surface area (Å²) in [6.45, 7) is 1.19. The molecular weight excluding hydrogens is 270 g/mol. The average molecular weight is 293 g/mol. The Morgan fingerprint density at radius 2 is 2.05 bits per heavy atom. The molecule has 0 amide bonds. The Balaban J connectivity index is 1.72. The molecule has 1 fully saturated rings. The lowest BCUT2D eigenvalue weighted by Crippen LogP contribution is -2.28. The van der Waals surface area contributed by atoms with Crippen molar-refractivity contribution in [3.8, 4) is 0 Å². The van der Waals surface area contributed by atoms with Crippen LogP contribution in [-0.4, -0.2) is 29.0 Å². The number of carboxylic acid groups (broad SMARTS) is 1. The van der Waals surface area contributed by atoms with Crippen LogP contribution in [0.3, 0.4) is 0 Å². The summed E-state index contributed by atoms with van der Waals surface area (Å²) in [6.07, 6.45) is 8.22. The highest BCUT2D eigenvalue weighted by molar-refractivity contribution is 5.67. The molecule has 0 radical (unpaired) electrons. The Labute approximate surface area is 124 Å². The lowest BCUT2D eigenvalue weighted by molar-refractivity contribution is 0.116. The van der Waals surface area contributed by atoms with Crippen LogP contribution in [0.25, 0.3) is 0 Å². The van der Waals surface area contributed by atoms with E-state index in [2.05, 4.69) is 0 Å². The molecule has 5 nitrogen and oxygen atoms in total. The second kappa shape index (κ2) is 7.98. The van der Waals surface area contributed by atoms with Gasteiger partial charge in [0, 0.05) is 24.8 Å². The fourth-order valence-corrected chi connectivity index (χ4v) is 2.89. The largest absolute Gasteiger partial charge is 0.464 e. The van der Waals surface area contributed by atoms with Crippen LogP contribution in [0.2, 0.25) is 0 Å². The third-order valence-electron chi connectivity index (χ3n) is 4.14. The van der Waals surface area contributed by atoms with Gasteiger partial charge in [-0.1, -0.05) is 38.2 Å². The Bertz CT molecular complexity index is 517. The first-order valence-electron chi connectivity index (χ1n) is 7.70. The van der Waals surface area contributed by atoms with Crippen molar-refractivity contribution in [1.29, 1.82) is 0 Å². The molecule has 1 N–H and O–H groups in total. The summed E-state index contributed by atoms with van der Waals surface area (Å²) in [5.74, 6) is 0.791. The molecule has 2 rings (SSSR count). The van der Waals surface area contributed by atoms with Crippen LogP contribution in [0.15, 0.2) is 23.1 Å². The number of nitrogens with zero attached hydrogens (tertiary/aromatic N) is 1. The van der Waals surface area contributed by atoms with Crippen molar-refractivity contribution >= 4 is 6.09 Å². The predicted molar refractivity (Wildman–Crippen MR) is 79.8 cm³/mol. The van der Waals surface area contributed by atoms with Crippen LogP contribution >= 0.6 is 0 Å². The second-order valence-electron chi connectivity index (χ2n) is 5.65. The molecule has 21 heavy (non-hydrogen) atoms. The van der Waals surface area contributed by atoms with Crippen molar-refractivity contribution in [2.24, 2.45) is 5.92 Å². The van der Waals surface area contributed by atoms with E-state index in [-0.39, 0.29) is 0 Å². The van der Waals surface area contributed by atoms with E-state index in [9.17, 15) is 9.59 Å². The van der Waals surface area contributed by atoms with Gasteiger partial charge < -0.3 is 9.84 Å². The van der Waals surface area contributed by atoms with Gasteiger partial charge in [0.25, 0.3) is 5.56 Å².